The van der Waals surface area contributed by atoms with Crippen LogP contribution >= 0.6 is 0 Å². The maximum atomic E-state index is 12.0. The Morgan fingerprint density at radius 2 is 1.68 bits per heavy atom. The van der Waals surface area contributed by atoms with E-state index in [0.717, 1.165) is 19.1 Å². The van der Waals surface area contributed by atoms with Crippen LogP contribution in [0.2, 0.25) is 0 Å². The van der Waals surface area contributed by atoms with E-state index in [-0.39, 0.29) is 23.4 Å². The standard InChI is InChI=1S/C23H26O2/c24-16-20-21(19-10-5-2-6-11-19)17-25-22(20)23(13-7-14-23)15-12-18-8-3-1-4-9-18/h1-6,8-11,16,20-22H,7,12-15,17H2/t20-,21+,22-/m0/s1. The average molecular weight is 334 g/mol. The number of hydrogen-bond donors (Lipinski definition) is 0. The minimum Gasteiger partial charge on any atom is -0.376 e. The number of carbonyl (C=O) groups is 1. The molecule has 0 spiro atoms. The second-order valence-corrected chi connectivity index (χ2v) is 7.69. The number of benzene rings is 2. The molecule has 25 heavy (non-hydrogen) atoms. The Morgan fingerprint density at radius 3 is 2.28 bits per heavy atom. The lowest BCUT2D eigenvalue weighted by molar-refractivity contribution is -0.120. The Labute approximate surface area is 150 Å². The van der Waals surface area contributed by atoms with Crippen molar-refractivity contribution in [2.75, 3.05) is 6.61 Å². The van der Waals surface area contributed by atoms with Gasteiger partial charge >= 0.3 is 0 Å². The van der Waals surface area contributed by atoms with Gasteiger partial charge in [-0.15, -0.1) is 0 Å². The van der Waals surface area contributed by atoms with E-state index in [2.05, 4.69) is 54.6 Å². The van der Waals surface area contributed by atoms with Gasteiger partial charge in [-0.3, -0.25) is 0 Å². The minimum atomic E-state index is -0.0153. The van der Waals surface area contributed by atoms with Crippen molar-refractivity contribution in [3.8, 4) is 0 Å². The normalized spacial score (nSPS) is 27.6. The molecule has 4 rings (SSSR count). The van der Waals surface area contributed by atoms with Crippen LogP contribution in [-0.4, -0.2) is 19.0 Å². The first-order chi connectivity index (χ1) is 12.3. The molecule has 0 bridgehead atoms. The predicted molar refractivity (Wildman–Crippen MR) is 99.5 cm³/mol. The van der Waals surface area contributed by atoms with Crippen molar-refractivity contribution >= 4 is 6.29 Å². The minimum absolute atomic E-state index is 0.0153. The maximum absolute atomic E-state index is 12.0. The van der Waals surface area contributed by atoms with E-state index in [1.807, 2.05) is 6.07 Å². The van der Waals surface area contributed by atoms with Crippen molar-refractivity contribution in [3.05, 3.63) is 71.8 Å². The first-order valence-electron chi connectivity index (χ1n) is 9.48. The number of rotatable bonds is 6. The number of carbonyl (C=O) groups excluding carboxylic acids is 1. The summed E-state index contributed by atoms with van der Waals surface area (Å²) in [6, 6.07) is 21.1. The lowest BCUT2D eigenvalue weighted by atomic mass is 9.59. The highest BCUT2D eigenvalue weighted by Gasteiger charge is 2.52. The second kappa shape index (κ2) is 7.13. The molecule has 0 aromatic heterocycles. The second-order valence-electron chi connectivity index (χ2n) is 7.69. The molecule has 2 aromatic carbocycles. The Bertz CT molecular complexity index is 691. The van der Waals surface area contributed by atoms with E-state index in [1.54, 1.807) is 0 Å². The summed E-state index contributed by atoms with van der Waals surface area (Å²) in [5.74, 6) is 0.191. The molecule has 1 aliphatic heterocycles. The van der Waals surface area contributed by atoms with Gasteiger partial charge in [0, 0.05) is 5.92 Å². The fourth-order valence-electron chi connectivity index (χ4n) is 4.76. The summed E-state index contributed by atoms with van der Waals surface area (Å²) in [7, 11) is 0. The highest BCUT2D eigenvalue weighted by atomic mass is 16.5. The molecule has 2 fully saturated rings. The highest BCUT2D eigenvalue weighted by Crippen LogP contribution is 2.54. The van der Waals surface area contributed by atoms with Crippen molar-refractivity contribution in [2.45, 2.75) is 44.1 Å². The number of aldehydes is 1. The molecule has 1 saturated carbocycles. The van der Waals surface area contributed by atoms with Gasteiger partial charge in [0.05, 0.1) is 18.6 Å². The summed E-state index contributed by atoms with van der Waals surface area (Å²) in [4.78, 5) is 12.0. The van der Waals surface area contributed by atoms with Crippen LogP contribution in [0.3, 0.4) is 0 Å². The van der Waals surface area contributed by atoms with Gasteiger partial charge in [0.2, 0.25) is 0 Å². The first-order valence-corrected chi connectivity index (χ1v) is 9.48. The SMILES string of the molecule is O=C[C@H]1[C@@H](c2ccccc2)CO[C@@H]1C1(CCc2ccccc2)CCC1. The number of aryl methyl sites for hydroxylation is 1. The van der Waals surface area contributed by atoms with Crippen LogP contribution in [0.25, 0.3) is 0 Å². The van der Waals surface area contributed by atoms with Gasteiger partial charge in [-0.2, -0.15) is 0 Å². The monoisotopic (exact) mass is 334 g/mol. The van der Waals surface area contributed by atoms with Crippen molar-refractivity contribution in [3.63, 3.8) is 0 Å². The van der Waals surface area contributed by atoms with E-state index in [0.29, 0.717) is 6.61 Å². The first kappa shape index (κ1) is 16.5. The van der Waals surface area contributed by atoms with E-state index in [1.165, 1.54) is 30.4 Å². The lowest BCUT2D eigenvalue weighted by Crippen LogP contribution is -2.45. The third kappa shape index (κ3) is 3.16. The summed E-state index contributed by atoms with van der Waals surface area (Å²) in [6.07, 6.45) is 7.07. The van der Waals surface area contributed by atoms with Gasteiger partial charge in [0.15, 0.2) is 0 Å². The zero-order valence-corrected chi connectivity index (χ0v) is 14.6. The molecule has 2 aliphatic rings. The quantitative estimate of drug-likeness (QED) is 0.710. The van der Waals surface area contributed by atoms with Crippen molar-refractivity contribution in [1.82, 2.24) is 0 Å². The Hall–Kier alpha value is -1.93. The van der Waals surface area contributed by atoms with Crippen LogP contribution in [0.5, 0.6) is 0 Å². The molecular formula is C23H26O2. The topological polar surface area (TPSA) is 26.3 Å². The molecule has 2 heteroatoms. The van der Waals surface area contributed by atoms with Gasteiger partial charge in [-0.05, 0) is 42.2 Å². The molecule has 0 unspecified atom stereocenters. The lowest BCUT2D eigenvalue weighted by Gasteiger charge is -2.47. The van der Waals surface area contributed by atoms with Crippen molar-refractivity contribution < 1.29 is 9.53 Å². The fraction of sp³-hybridized carbons (Fsp3) is 0.435. The molecule has 0 amide bonds. The molecule has 2 aromatic rings. The Kier molecular flexibility index (Phi) is 4.72. The largest absolute Gasteiger partial charge is 0.376 e. The number of hydrogen-bond acceptors (Lipinski definition) is 2. The molecule has 1 aliphatic carbocycles. The van der Waals surface area contributed by atoms with E-state index in [9.17, 15) is 4.79 Å². The molecule has 0 N–H and O–H groups in total. The van der Waals surface area contributed by atoms with Gasteiger partial charge in [0.25, 0.3) is 0 Å². The zero-order chi connectivity index (χ0) is 17.1. The average Bonchev–Trinajstić information content (AvgIpc) is 3.07. The molecule has 1 saturated heterocycles. The van der Waals surface area contributed by atoms with Crippen LogP contribution in [0.1, 0.15) is 42.7 Å². The van der Waals surface area contributed by atoms with Crippen LogP contribution in [-0.2, 0) is 16.0 Å². The molecule has 0 radical (unpaired) electrons. The Balaban J connectivity index is 1.51. The van der Waals surface area contributed by atoms with Crippen molar-refractivity contribution in [2.24, 2.45) is 11.3 Å². The molecule has 1 heterocycles. The Morgan fingerprint density at radius 1 is 1.00 bits per heavy atom. The van der Waals surface area contributed by atoms with Crippen LogP contribution in [0, 0.1) is 11.3 Å². The number of ether oxygens (including phenoxy) is 1. The summed E-state index contributed by atoms with van der Waals surface area (Å²) in [5, 5.41) is 0. The summed E-state index contributed by atoms with van der Waals surface area (Å²) >= 11 is 0. The van der Waals surface area contributed by atoms with Crippen LogP contribution in [0.15, 0.2) is 60.7 Å². The van der Waals surface area contributed by atoms with Gasteiger partial charge < -0.3 is 9.53 Å². The molecule has 3 atom stereocenters. The van der Waals surface area contributed by atoms with E-state index >= 15 is 0 Å². The summed E-state index contributed by atoms with van der Waals surface area (Å²) in [5.41, 5.74) is 2.80. The van der Waals surface area contributed by atoms with Crippen LogP contribution in [0.4, 0.5) is 0 Å². The van der Waals surface area contributed by atoms with Gasteiger partial charge in [-0.1, -0.05) is 67.1 Å². The summed E-state index contributed by atoms with van der Waals surface area (Å²) in [6.45, 7) is 0.672. The predicted octanol–water partition coefficient (Wildman–Crippen LogP) is 4.79. The van der Waals surface area contributed by atoms with E-state index in [4.69, 9.17) is 4.74 Å². The molecular weight excluding hydrogens is 308 g/mol. The van der Waals surface area contributed by atoms with Crippen molar-refractivity contribution in [1.29, 1.82) is 0 Å². The fourth-order valence-corrected chi connectivity index (χ4v) is 4.76. The van der Waals surface area contributed by atoms with Gasteiger partial charge in [-0.25, -0.2) is 0 Å². The third-order valence-corrected chi connectivity index (χ3v) is 6.36. The van der Waals surface area contributed by atoms with Gasteiger partial charge in [0.1, 0.15) is 6.29 Å². The van der Waals surface area contributed by atoms with E-state index < -0.39 is 0 Å². The third-order valence-electron chi connectivity index (χ3n) is 6.36. The highest BCUT2D eigenvalue weighted by molar-refractivity contribution is 5.58. The van der Waals surface area contributed by atoms with Crippen LogP contribution < -0.4 is 0 Å². The summed E-state index contributed by atoms with van der Waals surface area (Å²) < 4.78 is 6.29. The molecule has 2 nitrogen and oxygen atoms in total. The smallest absolute Gasteiger partial charge is 0.126 e. The maximum Gasteiger partial charge on any atom is 0.126 e. The zero-order valence-electron chi connectivity index (χ0n) is 14.6. The molecule has 130 valence electrons.